The number of halogens is 1. The molecule has 3 aromatic heterocycles. The summed E-state index contributed by atoms with van der Waals surface area (Å²) in [6.45, 7) is 4.43. The first-order chi connectivity index (χ1) is 16.0. The summed E-state index contributed by atoms with van der Waals surface area (Å²) in [5, 5.41) is 10.5. The van der Waals surface area contributed by atoms with Gasteiger partial charge in [-0.25, -0.2) is 9.97 Å². The molecule has 0 spiro atoms. The quantitative estimate of drug-likeness (QED) is 0.449. The number of hydrogen-bond acceptors (Lipinski definition) is 8. The van der Waals surface area contributed by atoms with Crippen LogP contribution < -0.4 is 16.2 Å². The zero-order valence-electron chi connectivity index (χ0n) is 18.3. The van der Waals surface area contributed by atoms with Gasteiger partial charge in [0.25, 0.3) is 5.56 Å². The third kappa shape index (κ3) is 4.37. The van der Waals surface area contributed by atoms with Gasteiger partial charge in [-0.1, -0.05) is 23.7 Å². The lowest BCUT2D eigenvalue weighted by molar-refractivity contribution is 0.0183. The summed E-state index contributed by atoms with van der Waals surface area (Å²) in [4.78, 5) is 27.1. The lowest BCUT2D eigenvalue weighted by Gasteiger charge is -2.25. The van der Waals surface area contributed by atoms with Crippen LogP contribution >= 0.6 is 22.9 Å². The molecule has 0 saturated carbocycles. The van der Waals surface area contributed by atoms with Crippen LogP contribution in [-0.2, 0) is 11.3 Å². The van der Waals surface area contributed by atoms with Gasteiger partial charge in [0, 0.05) is 58.8 Å². The van der Waals surface area contributed by atoms with Crippen molar-refractivity contribution in [1.29, 1.82) is 0 Å². The first kappa shape index (κ1) is 22.0. The maximum atomic E-state index is 13.7. The van der Waals surface area contributed by atoms with Crippen LogP contribution in [0, 0.1) is 6.92 Å². The summed E-state index contributed by atoms with van der Waals surface area (Å²) in [6.07, 6.45) is 1.59. The number of thiazole rings is 1. The van der Waals surface area contributed by atoms with Gasteiger partial charge in [-0.2, -0.15) is 4.98 Å². The highest BCUT2D eigenvalue weighted by atomic mass is 35.5. The summed E-state index contributed by atoms with van der Waals surface area (Å²) >= 11 is 8.27. The zero-order valence-corrected chi connectivity index (χ0v) is 19.8. The van der Waals surface area contributed by atoms with Crippen LogP contribution in [0.3, 0.4) is 0 Å². The molecule has 1 saturated heterocycles. The highest BCUT2D eigenvalue weighted by Gasteiger charge is 2.20. The van der Waals surface area contributed by atoms with Crippen LogP contribution in [0.2, 0.25) is 5.02 Å². The largest absolute Gasteiger partial charge is 0.374 e. The maximum absolute atomic E-state index is 13.7. The second kappa shape index (κ2) is 9.18. The van der Waals surface area contributed by atoms with E-state index in [-0.39, 0.29) is 11.7 Å². The van der Waals surface area contributed by atoms with E-state index in [0.29, 0.717) is 47.4 Å². The number of nitrogens with zero attached hydrogens (tertiary/aromatic N) is 4. The fourth-order valence-corrected chi connectivity index (χ4v) is 4.88. The van der Waals surface area contributed by atoms with Gasteiger partial charge in [-0.15, -0.1) is 11.3 Å². The Morgan fingerprint density at radius 3 is 2.88 bits per heavy atom. The molecule has 1 atom stereocenters. The number of pyridine rings is 1. The fraction of sp³-hybridized carbons (Fsp3) is 0.304. The van der Waals surface area contributed by atoms with E-state index >= 15 is 0 Å². The number of hydrogen-bond donors (Lipinski definition) is 2. The summed E-state index contributed by atoms with van der Waals surface area (Å²) in [7, 11) is 1.75. The van der Waals surface area contributed by atoms with Crippen LogP contribution in [0.1, 0.15) is 5.01 Å². The second-order valence-electron chi connectivity index (χ2n) is 7.84. The molecule has 1 aromatic carbocycles. The summed E-state index contributed by atoms with van der Waals surface area (Å²) in [6, 6.07) is 7.48. The third-order valence-corrected chi connectivity index (χ3v) is 6.70. The van der Waals surface area contributed by atoms with Gasteiger partial charge < -0.3 is 15.4 Å². The molecule has 4 aromatic rings. The molecule has 0 radical (unpaired) electrons. The van der Waals surface area contributed by atoms with Gasteiger partial charge in [0.2, 0.25) is 5.95 Å². The van der Waals surface area contributed by atoms with Crippen molar-refractivity contribution >= 4 is 39.9 Å². The topological polar surface area (TPSA) is 94.0 Å². The van der Waals surface area contributed by atoms with Crippen molar-refractivity contribution in [2.45, 2.75) is 19.6 Å². The van der Waals surface area contributed by atoms with E-state index in [0.717, 1.165) is 28.2 Å². The van der Waals surface area contributed by atoms with Crippen molar-refractivity contribution in [3.8, 4) is 22.4 Å². The molecular formula is C23H23ClN6O2S. The van der Waals surface area contributed by atoms with Crippen LogP contribution in [-0.4, -0.2) is 52.4 Å². The number of rotatable bonds is 5. The number of ether oxygens (including phenoxy) is 1. The lowest BCUT2D eigenvalue weighted by Crippen LogP contribution is -2.42. The van der Waals surface area contributed by atoms with Crippen LogP contribution in [0.15, 0.2) is 40.6 Å². The standard InChI is InChI=1S/C23H23ClN6O2S/c1-13-28-20(12-33-13)14-3-4-17(19(24)8-14)18-7-15-9-27-23(25-2)29-21(15)30(22(18)31)11-16-10-26-5-6-32-16/h3-4,7-9,12,16,26H,5-6,10-11H2,1-2H3,(H,25,27,29)/t16-/m1/s1. The summed E-state index contributed by atoms with van der Waals surface area (Å²) in [5.74, 6) is 0.451. The average molecular weight is 483 g/mol. The SMILES string of the molecule is CNc1ncc2cc(-c3ccc(-c4csc(C)n4)cc3Cl)c(=O)n(C[C@H]3CNCCO3)c2n1. The molecular weight excluding hydrogens is 460 g/mol. The maximum Gasteiger partial charge on any atom is 0.260 e. The van der Waals surface area contributed by atoms with Crippen molar-refractivity contribution in [3.63, 3.8) is 0 Å². The van der Waals surface area contributed by atoms with Crippen molar-refractivity contribution < 1.29 is 4.74 Å². The van der Waals surface area contributed by atoms with Crippen LogP contribution in [0.4, 0.5) is 5.95 Å². The van der Waals surface area contributed by atoms with Gasteiger partial charge in [0.05, 0.1) is 30.0 Å². The number of benzene rings is 1. The first-order valence-corrected chi connectivity index (χ1v) is 11.9. The molecule has 0 bridgehead atoms. The predicted molar refractivity (Wildman–Crippen MR) is 132 cm³/mol. The van der Waals surface area contributed by atoms with Crippen LogP contribution in [0.25, 0.3) is 33.4 Å². The Morgan fingerprint density at radius 2 is 2.18 bits per heavy atom. The summed E-state index contributed by atoms with van der Waals surface area (Å²) in [5.41, 5.74) is 3.33. The Hall–Kier alpha value is -2.85. The molecule has 170 valence electrons. The second-order valence-corrected chi connectivity index (χ2v) is 9.31. The number of nitrogens with one attached hydrogen (secondary N) is 2. The van der Waals surface area contributed by atoms with E-state index in [1.807, 2.05) is 36.6 Å². The molecule has 4 heterocycles. The van der Waals surface area contributed by atoms with Gasteiger partial charge in [0.1, 0.15) is 5.65 Å². The Labute approximate surface area is 199 Å². The van der Waals surface area contributed by atoms with Crippen molar-refractivity contribution in [3.05, 3.63) is 56.2 Å². The van der Waals surface area contributed by atoms with E-state index in [1.54, 1.807) is 29.1 Å². The Balaban J connectivity index is 1.63. The third-order valence-electron chi connectivity index (χ3n) is 5.62. The summed E-state index contributed by atoms with van der Waals surface area (Å²) < 4.78 is 7.53. The highest BCUT2D eigenvalue weighted by Crippen LogP contribution is 2.32. The molecule has 33 heavy (non-hydrogen) atoms. The highest BCUT2D eigenvalue weighted by molar-refractivity contribution is 7.09. The van der Waals surface area contributed by atoms with Crippen LogP contribution in [0.5, 0.6) is 0 Å². The number of morpholine rings is 1. The Morgan fingerprint density at radius 1 is 1.30 bits per heavy atom. The Kier molecular flexibility index (Phi) is 6.11. The van der Waals surface area contributed by atoms with Crippen molar-refractivity contribution in [1.82, 2.24) is 24.8 Å². The van der Waals surface area contributed by atoms with Crippen molar-refractivity contribution in [2.24, 2.45) is 0 Å². The van der Waals surface area contributed by atoms with E-state index in [1.165, 1.54) is 0 Å². The minimum absolute atomic E-state index is 0.131. The average Bonchev–Trinajstić information content (AvgIpc) is 3.27. The number of fused-ring (bicyclic) bond motifs is 1. The van der Waals surface area contributed by atoms with E-state index < -0.39 is 0 Å². The van der Waals surface area contributed by atoms with E-state index in [4.69, 9.17) is 16.3 Å². The number of aromatic nitrogens is 4. The number of anilines is 1. The minimum Gasteiger partial charge on any atom is -0.374 e. The number of aryl methyl sites for hydroxylation is 1. The molecule has 0 aliphatic carbocycles. The molecule has 10 heteroatoms. The fourth-order valence-electron chi connectivity index (χ4n) is 3.97. The van der Waals surface area contributed by atoms with E-state index in [9.17, 15) is 4.79 Å². The van der Waals surface area contributed by atoms with Gasteiger partial charge in [-0.3, -0.25) is 9.36 Å². The van der Waals surface area contributed by atoms with Gasteiger partial charge >= 0.3 is 0 Å². The minimum atomic E-state index is -0.170. The first-order valence-electron chi connectivity index (χ1n) is 10.7. The van der Waals surface area contributed by atoms with Crippen molar-refractivity contribution in [2.75, 3.05) is 32.1 Å². The van der Waals surface area contributed by atoms with E-state index in [2.05, 4.69) is 25.6 Å². The molecule has 1 aliphatic heterocycles. The molecule has 0 unspecified atom stereocenters. The smallest absolute Gasteiger partial charge is 0.260 e. The van der Waals surface area contributed by atoms with Gasteiger partial charge in [-0.05, 0) is 19.1 Å². The molecule has 5 rings (SSSR count). The molecule has 0 amide bonds. The Bertz CT molecular complexity index is 1380. The molecule has 8 nitrogen and oxygen atoms in total. The predicted octanol–water partition coefficient (Wildman–Crippen LogP) is 3.57. The van der Waals surface area contributed by atoms with Gasteiger partial charge in [0.15, 0.2) is 0 Å². The molecule has 1 aliphatic rings. The molecule has 1 fully saturated rings. The zero-order chi connectivity index (χ0) is 22.9. The molecule has 2 N–H and O–H groups in total. The lowest BCUT2D eigenvalue weighted by atomic mass is 10.0. The normalized spacial score (nSPS) is 16.3. The monoisotopic (exact) mass is 482 g/mol.